The Morgan fingerprint density at radius 2 is 1.46 bits per heavy atom. The Kier molecular flexibility index (Phi) is 5.05. The molecule has 7 nitrogen and oxygen atoms in total. The number of ether oxygens (including phenoxy) is 2. The van der Waals surface area contributed by atoms with Gasteiger partial charge in [-0.05, 0) is 62.4 Å². The lowest BCUT2D eigenvalue weighted by Crippen LogP contribution is -1.99. The van der Waals surface area contributed by atoms with Crippen LogP contribution in [0.3, 0.4) is 0 Å². The van der Waals surface area contributed by atoms with Crippen LogP contribution < -0.4 is 14.8 Å². The topological polar surface area (TPSA) is 74.1 Å². The number of nitrogens with one attached hydrogen (secondary N) is 1. The zero-order valence-electron chi connectivity index (χ0n) is 15.8. The van der Waals surface area contributed by atoms with E-state index in [1.807, 2.05) is 66.9 Å². The van der Waals surface area contributed by atoms with Gasteiger partial charge in [0.2, 0.25) is 0 Å². The summed E-state index contributed by atoms with van der Waals surface area (Å²) in [5.41, 5.74) is 3.29. The highest BCUT2D eigenvalue weighted by molar-refractivity contribution is 5.86. The van der Waals surface area contributed by atoms with Gasteiger partial charge in [0.1, 0.15) is 24.2 Å². The van der Waals surface area contributed by atoms with Crippen LogP contribution in [0.4, 0.5) is 11.5 Å². The summed E-state index contributed by atoms with van der Waals surface area (Å²) < 4.78 is 12.9. The van der Waals surface area contributed by atoms with Crippen LogP contribution in [0.25, 0.3) is 16.9 Å². The SMILES string of the molecule is CCOc1ccc(Nc2ncnc3c2ncn3-c2ccc(OCC)cc2)cc1. The van der Waals surface area contributed by atoms with Gasteiger partial charge in [-0.15, -0.1) is 0 Å². The molecule has 2 aromatic heterocycles. The second-order valence-corrected chi connectivity index (χ2v) is 6.02. The van der Waals surface area contributed by atoms with Crippen molar-refractivity contribution in [2.24, 2.45) is 0 Å². The van der Waals surface area contributed by atoms with Gasteiger partial charge in [0.25, 0.3) is 0 Å². The van der Waals surface area contributed by atoms with Crippen LogP contribution in [0.1, 0.15) is 13.8 Å². The van der Waals surface area contributed by atoms with Crippen LogP contribution in [0.15, 0.2) is 61.2 Å². The second-order valence-electron chi connectivity index (χ2n) is 6.02. The molecule has 0 bridgehead atoms. The smallest absolute Gasteiger partial charge is 0.170 e. The molecule has 0 amide bonds. The number of hydrogen-bond acceptors (Lipinski definition) is 6. The summed E-state index contributed by atoms with van der Waals surface area (Å²) in [4.78, 5) is 13.3. The number of aromatic nitrogens is 4. The molecule has 0 saturated carbocycles. The molecule has 2 aromatic carbocycles. The maximum atomic E-state index is 5.51. The van der Waals surface area contributed by atoms with E-state index in [4.69, 9.17) is 9.47 Å². The molecule has 0 radical (unpaired) electrons. The molecular formula is C21H21N5O2. The highest BCUT2D eigenvalue weighted by atomic mass is 16.5. The molecule has 0 unspecified atom stereocenters. The van der Waals surface area contributed by atoms with Gasteiger partial charge < -0.3 is 14.8 Å². The van der Waals surface area contributed by atoms with Crippen molar-refractivity contribution < 1.29 is 9.47 Å². The fourth-order valence-corrected chi connectivity index (χ4v) is 2.92. The Labute approximate surface area is 163 Å². The maximum Gasteiger partial charge on any atom is 0.170 e. The fourth-order valence-electron chi connectivity index (χ4n) is 2.92. The Morgan fingerprint density at radius 3 is 2.11 bits per heavy atom. The predicted molar refractivity (Wildman–Crippen MR) is 109 cm³/mol. The molecule has 0 atom stereocenters. The van der Waals surface area contributed by atoms with Gasteiger partial charge in [-0.3, -0.25) is 4.57 Å². The molecule has 0 saturated heterocycles. The monoisotopic (exact) mass is 375 g/mol. The molecule has 4 rings (SSSR count). The number of nitrogens with zero attached hydrogens (tertiary/aromatic N) is 4. The van der Waals surface area contributed by atoms with Gasteiger partial charge in [-0.25, -0.2) is 15.0 Å². The van der Waals surface area contributed by atoms with Gasteiger partial charge in [-0.2, -0.15) is 0 Å². The molecule has 7 heteroatoms. The lowest BCUT2D eigenvalue weighted by molar-refractivity contribution is 0.340. The van der Waals surface area contributed by atoms with Gasteiger partial charge in [0.15, 0.2) is 17.0 Å². The summed E-state index contributed by atoms with van der Waals surface area (Å²) in [6.07, 6.45) is 3.28. The Hall–Kier alpha value is -3.61. The van der Waals surface area contributed by atoms with Crippen LogP contribution in [-0.4, -0.2) is 32.7 Å². The molecule has 0 aliphatic rings. The van der Waals surface area contributed by atoms with Crippen LogP contribution >= 0.6 is 0 Å². The summed E-state index contributed by atoms with van der Waals surface area (Å²) in [5.74, 6) is 2.32. The summed E-state index contributed by atoms with van der Waals surface area (Å²) in [7, 11) is 0. The molecule has 28 heavy (non-hydrogen) atoms. The van der Waals surface area contributed by atoms with Gasteiger partial charge >= 0.3 is 0 Å². The molecule has 4 aromatic rings. The first-order valence-electron chi connectivity index (χ1n) is 9.19. The number of anilines is 2. The average molecular weight is 375 g/mol. The lowest BCUT2D eigenvalue weighted by Gasteiger charge is -2.08. The molecule has 0 fully saturated rings. The highest BCUT2D eigenvalue weighted by Crippen LogP contribution is 2.25. The molecule has 2 heterocycles. The molecule has 142 valence electrons. The zero-order valence-corrected chi connectivity index (χ0v) is 15.8. The molecule has 1 N–H and O–H groups in total. The number of benzene rings is 2. The average Bonchev–Trinajstić information content (AvgIpc) is 3.16. The van der Waals surface area contributed by atoms with E-state index in [0.717, 1.165) is 28.5 Å². The molecule has 0 aliphatic carbocycles. The first-order chi connectivity index (χ1) is 13.8. The third-order valence-corrected chi connectivity index (χ3v) is 4.19. The Balaban J connectivity index is 1.62. The molecule has 0 spiro atoms. The van der Waals surface area contributed by atoms with Crippen molar-refractivity contribution in [2.75, 3.05) is 18.5 Å². The quantitative estimate of drug-likeness (QED) is 0.517. The minimum absolute atomic E-state index is 0.640. The largest absolute Gasteiger partial charge is 0.494 e. The van der Waals surface area contributed by atoms with E-state index in [0.29, 0.717) is 24.5 Å². The van der Waals surface area contributed by atoms with Crippen molar-refractivity contribution in [3.8, 4) is 17.2 Å². The number of hydrogen-bond donors (Lipinski definition) is 1. The van der Waals surface area contributed by atoms with Crippen molar-refractivity contribution in [2.45, 2.75) is 13.8 Å². The van der Waals surface area contributed by atoms with Crippen LogP contribution in [-0.2, 0) is 0 Å². The van der Waals surface area contributed by atoms with Crippen LogP contribution in [0.5, 0.6) is 11.5 Å². The van der Waals surface area contributed by atoms with Crippen molar-refractivity contribution in [1.29, 1.82) is 0 Å². The van der Waals surface area contributed by atoms with E-state index in [1.165, 1.54) is 6.33 Å². The standard InChI is InChI=1S/C21H21N5O2/c1-3-27-17-9-5-15(6-10-17)25-20-19-21(23-13-22-20)26(14-24-19)16-7-11-18(12-8-16)28-4-2/h5-14H,3-4H2,1-2H3,(H,22,23,25). The van der Waals surface area contributed by atoms with E-state index < -0.39 is 0 Å². The summed E-state index contributed by atoms with van der Waals surface area (Å²) in [6.45, 7) is 5.21. The predicted octanol–water partition coefficient (Wildman–Crippen LogP) is 4.36. The van der Waals surface area contributed by atoms with E-state index in [1.54, 1.807) is 6.33 Å². The van der Waals surface area contributed by atoms with Gasteiger partial charge in [0, 0.05) is 11.4 Å². The maximum absolute atomic E-state index is 5.51. The number of imidazole rings is 1. The highest BCUT2D eigenvalue weighted by Gasteiger charge is 2.12. The van der Waals surface area contributed by atoms with Crippen molar-refractivity contribution in [3.05, 3.63) is 61.2 Å². The lowest BCUT2D eigenvalue weighted by atomic mass is 10.3. The number of rotatable bonds is 7. The van der Waals surface area contributed by atoms with E-state index >= 15 is 0 Å². The first-order valence-corrected chi connectivity index (χ1v) is 9.19. The summed E-state index contributed by atoms with van der Waals surface area (Å²) >= 11 is 0. The number of fused-ring (bicyclic) bond motifs is 1. The summed E-state index contributed by atoms with van der Waals surface area (Å²) in [5, 5.41) is 3.30. The first kappa shape index (κ1) is 17.8. The summed E-state index contributed by atoms with van der Waals surface area (Å²) in [6, 6.07) is 15.6. The molecular weight excluding hydrogens is 354 g/mol. The normalized spacial score (nSPS) is 10.8. The Bertz CT molecular complexity index is 1060. The fraction of sp³-hybridized carbons (Fsp3) is 0.190. The van der Waals surface area contributed by atoms with E-state index in [-0.39, 0.29) is 0 Å². The minimum atomic E-state index is 0.640. The van der Waals surface area contributed by atoms with Crippen LogP contribution in [0, 0.1) is 0 Å². The van der Waals surface area contributed by atoms with E-state index in [2.05, 4.69) is 20.3 Å². The van der Waals surface area contributed by atoms with Crippen LogP contribution in [0.2, 0.25) is 0 Å². The third-order valence-electron chi connectivity index (χ3n) is 4.19. The van der Waals surface area contributed by atoms with Crippen molar-refractivity contribution in [1.82, 2.24) is 19.5 Å². The van der Waals surface area contributed by atoms with Crippen molar-refractivity contribution >= 4 is 22.7 Å². The Morgan fingerprint density at radius 1 is 0.821 bits per heavy atom. The van der Waals surface area contributed by atoms with Crippen molar-refractivity contribution in [3.63, 3.8) is 0 Å². The van der Waals surface area contributed by atoms with E-state index in [9.17, 15) is 0 Å². The third kappa shape index (κ3) is 3.59. The minimum Gasteiger partial charge on any atom is -0.494 e. The van der Waals surface area contributed by atoms with Gasteiger partial charge in [0.05, 0.1) is 13.2 Å². The zero-order chi connectivity index (χ0) is 19.3. The second kappa shape index (κ2) is 7.96. The molecule has 0 aliphatic heterocycles. The van der Waals surface area contributed by atoms with Gasteiger partial charge in [-0.1, -0.05) is 0 Å².